The van der Waals surface area contributed by atoms with Gasteiger partial charge in [-0.25, -0.2) is 9.69 Å². The van der Waals surface area contributed by atoms with E-state index in [9.17, 15) is 0 Å². The van der Waals surface area contributed by atoms with Crippen LogP contribution in [0.15, 0.2) is 18.2 Å². The van der Waals surface area contributed by atoms with Gasteiger partial charge in [0.2, 0.25) is 5.69 Å². The topological polar surface area (TPSA) is 18.0 Å². The Morgan fingerprint density at radius 1 is 1.25 bits per heavy atom. The maximum absolute atomic E-state index is 6.78. The summed E-state index contributed by atoms with van der Waals surface area (Å²) in [4.78, 5) is 6.46. The van der Waals surface area contributed by atoms with Crippen molar-refractivity contribution >= 4 is 11.4 Å². The predicted molar refractivity (Wildman–Crippen MR) is 45.5 cm³/mol. The van der Waals surface area contributed by atoms with Crippen LogP contribution in [0.2, 0.25) is 0 Å². The normalized spacial score (nSPS) is 8.25. The van der Waals surface area contributed by atoms with Crippen LogP contribution in [0.4, 0.5) is 11.4 Å². The van der Waals surface area contributed by atoms with Gasteiger partial charge in [-0.3, -0.25) is 0 Å². The van der Waals surface area contributed by atoms with E-state index < -0.39 is 0 Å². The Labute approximate surface area is 70.8 Å². The van der Waals surface area contributed by atoms with Gasteiger partial charge in [-0.2, -0.15) is 0 Å². The summed E-state index contributed by atoms with van der Waals surface area (Å²) < 4.78 is 4.92. The Morgan fingerprint density at radius 2 is 2.00 bits per heavy atom. The first-order valence-corrected chi connectivity index (χ1v) is 3.24. The Kier molecular flexibility index (Phi) is 2.30. The fraction of sp³-hybridized carbons (Fsp3) is 0.111. The molecule has 0 spiro atoms. The zero-order valence-electron chi connectivity index (χ0n) is 6.53. The molecular weight excluding hydrogens is 152 g/mol. The minimum absolute atomic E-state index is 0.435. The van der Waals surface area contributed by atoms with Crippen molar-refractivity contribution in [3.8, 4) is 5.75 Å². The van der Waals surface area contributed by atoms with Crippen LogP contribution in [-0.4, -0.2) is 7.11 Å². The second-order valence-electron chi connectivity index (χ2n) is 2.08. The van der Waals surface area contributed by atoms with Crippen molar-refractivity contribution in [2.45, 2.75) is 0 Å². The summed E-state index contributed by atoms with van der Waals surface area (Å²) in [7, 11) is 1.48. The van der Waals surface area contributed by atoms with E-state index in [0.29, 0.717) is 17.1 Å². The molecule has 0 aliphatic carbocycles. The molecule has 0 amide bonds. The summed E-state index contributed by atoms with van der Waals surface area (Å²) >= 11 is 0. The third-order valence-corrected chi connectivity index (χ3v) is 1.41. The molecule has 0 aromatic heterocycles. The molecule has 1 aromatic carbocycles. The fourth-order valence-electron chi connectivity index (χ4n) is 0.828. The zero-order chi connectivity index (χ0) is 8.97. The molecule has 12 heavy (non-hydrogen) atoms. The molecule has 3 heteroatoms. The molecule has 0 atom stereocenters. The van der Waals surface area contributed by atoms with Gasteiger partial charge in [0.25, 0.3) is 0 Å². The van der Waals surface area contributed by atoms with Gasteiger partial charge in [0, 0.05) is 0 Å². The molecule has 0 radical (unpaired) electrons. The fourth-order valence-corrected chi connectivity index (χ4v) is 0.828. The summed E-state index contributed by atoms with van der Waals surface area (Å²) in [6, 6.07) is 4.74. The molecule has 0 saturated carbocycles. The number of hydrogen-bond donors (Lipinski definition) is 0. The second kappa shape index (κ2) is 3.41. The van der Waals surface area contributed by atoms with Crippen molar-refractivity contribution in [1.82, 2.24) is 0 Å². The number of hydrogen-bond acceptors (Lipinski definition) is 1. The molecule has 0 bridgehead atoms. The van der Waals surface area contributed by atoms with Crippen molar-refractivity contribution < 1.29 is 4.74 Å². The highest BCUT2D eigenvalue weighted by atomic mass is 16.5. The number of benzene rings is 1. The number of ether oxygens (including phenoxy) is 1. The Bertz CT molecular complexity index is 371. The van der Waals surface area contributed by atoms with Crippen molar-refractivity contribution in [2.75, 3.05) is 7.11 Å². The molecule has 0 fully saturated rings. The van der Waals surface area contributed by atoms with Gasteiger partial charge < -0.3 is 4.74 Å². The summed E-state index contributed by atoms with van der Waals surface area (Å²) in [5.41, 5.74) is 0.921. The molecule has 0 heterocycles. The quantitative estimate of drug-likeness (QED) is 0.574. The van der Waals surface area contributed by atoms with Crippen LogP contribution in [0.25, 0.3) is 9.69 Å². The number of methoxy groups -OCH3 is 1. The highest BCUT2D eigenvalue weighted by molar-refractivity contribution is 5.64. The van der Waals surface area contributed by atoms with E-state index in [1.165, 1.54) is 7.11 Å². The molecule has 0 aliphatic rings. The van der Waals surface area contributed by atoms with Gasteiger partial charge >= 0.3 is 0 Å². The van der Waals surface area contributed by atoms with Crippen molar-refractivity contribution in [3.05, 3.63) is 41.0 Å². The molecule has 0 N–H and O–H groups in total. The first-order chi connectivity index (χ1) is 5.81. The van der Waals surface area contributed by atoms with Gasteiger partial charge in [-0.05, 0) is 6.07 Å². The lowest BCUT2D eigenvalue weighted by molar-refractivity contribution is 0.417. The highest BCUT2D eigenvalue weighted by Gasteiger charge is 2.02. The average molecular weight is 158 g/mol. The lowest BCUT2D eigenvalue weighted by Gasteiger charge is -2.01. The third-order valence-electron chi connectivity index (χ3n) is 1.41. The van der Waals surface area contributed by atoms with E-state index >= 15 is 0 Å². The lowest BCUT2D eigenvalue weighted by Crippen LogP contribution is -1.81. The van der Waals surface area contributed by atoms with E-state index in [1.54, 1.807) is 18.2 Å². The van der Waals surface area contributed by atoms with Crippen LogP contribution in [-0.2, 0) is 0 Å². The van der Waals surface area contributed by atoms with Gasteiger partial charge in [-0.1, -0.05) is 12.1 Å². The summed E-state index contributed by atoms with van der Waals surface area (Å²) in [5.74, 6) is 0.457. The van der Waals surface area contributed by atoms with Gasteiger partial charge in [0.05, 0.1) is 20.3 Å². The second-order valence-corrected chi connectivity index (χ2v) is 2.08. The van der Waals surface area contributed by atoms with Crippen molar-refractivity contribution in [2.24, 2.45) is 0 Å². The van der Waals surface area contributed by atoms with Crippen molar-refractivity contribution in [3.63, 3.8) is 0 Å². The van der Waals surface area contributed by atoms with Crippen LogP contribution in [0.1, 0.15) is 0 Å². The van der Waals surface area contributed by atoms with Crippen LogP contribution < -0.4 is 4.74 Å². The third kappa shape index (κ3) is 1.36. The largest absolute Gasteiger partial charge is 0.509 e. The molecule has 0 unspecified atom stereocenters. The van der Waals surface area contributed by atoms with E-state index in [0.717, 1.165) is 0 Å². The van der Waals surface area contributed by atoms with Crippen LogP contribution >= 0.6 is 0 Å². The standard InChI is InChI=1S/C9H6N2O/c1-10-7-4-5-8(11-2)9(6-7)12-3/h4-6H,3H3. The lowest BCUT2D eigenvalue weighted by atomic mass is 10.2. The Balaban J connectivity index is 3.24. The van der Waals surface area contributed by atoms with Crippen LogP contribution in [0.5, 0.6) is 5.75 Å². The van der Waals surface area contributed by atoms with Crippen LogP contribution in [0.3, 0.4) is 0 Å². The summed E-state index contributed by atoms with van der Waals surface area (Å²) in [6.45, 7) is 13.5. The Morgan fingerprint density at radius 3 is 2.50 bits per heavy atom. The number of nitrogens with zero attached hydrogens (tertiary/aromatic N) is 2. The first-order valence-electron chi connectivity index (χ1n) is 3.24. The zero-order valence-corrected chi connectivity index (χ0v) is 6.53. The van der Waals surface area contributed by atoms with E-state index in [2.05, 4.69) is 9.69 Å². The molecule has 3 nitrogen and oxygen atoms in total. The average Bonchev–Trinajstić information content (AvgIpc) is 2.16. The van der Waals surface area contributed by atoms with Gasteiger partial charge in [-0.15, -0.1) is 0 Å². The smallest absolute Gasteiger partial charge is 0.225 e. The molecule has 58 valence electrons. The van der Waals surface area contributed by atoms with Crippen molar-refractivity contribution in [1.29, 1.82) is 0 Å². The first kappa shape index (κ1) is 8.10. The van der Waals surface area contributed by atoms with Crippen LogP contribution in [0, 0.1) is 13.1 Å². The summed E-state index contributed by atoms with van der Waals surface area (Å²) in [6.07, 6.45) is 0. The highest BCUT2D eigenvalue weighted by Crippen LogP contribution is 2.31. The molecule has 0 saturated heterocycles. The monoisotopic (exact) mass is 158 g/mol. The SMILES string of the molecule is [C-]#[N+]c1ccc([N+]#[C-])c(OC)c1. The minimum Gasteiger partial charge on any atom is -0.509 e. The minimum atomic E-state index is 0.435. The maximum atomic E-state index is 6.78. The van der Waals surface area contributed by atoms with Gasteiger partial charge in [0.1, 0.15) is 5.75 Å². The number of rotatable bonds is 1. The molecule has 0 aliphatic heterocycles. The molecule has 1 rings (SSSR count). The predicted octanol–water partition coefficient (Wildman–Crippen LogP) is 2.80. The van der Waals surface area contributed by atoms with E-state index in [1.807, 2.05) is 0 Å². The molecule has 1 aromatic rings. The molecular formula is C9H6N2O. The Hall–Kier alpha value is -2.00. The van der Waals surface area contributed by atoms with E-state index in [-0.39, 0.29) is 0 Å². The maximum Gasteiger partial charge on any atom is 0.225 e. The summed E-state index contributed by atoms with van der Waals surface area (Å²) in [5, 5.41) is 0. The van der Waals surface area contributed by atoms with Gasteiger partial charge in [0.15, 0.2) is 5.69 Å². The van der Waals surface area contributed by atoms with E-state index in [4.69, 9.17) is 17.9 Å².